The summed E-state index contributed by atoms with van der Waals surface area (Å²) in [4.78, 5) is 9.75. The summed E-state index contributed by atoms with van der Waals surface area (Å²) in [6.45, 7) is 9.21. The van der Waals surface area contributed by atoms with Crippen LogP contribution in [0.25, 0.3) is 0 Å². The van der Waals surface area contributed by atoms with Gasteiger partial charge in [0.05, 0.1) is 0 Å². The van der Waals surface area contributed by atoms with Crippen LogP contribution in [0.1, 0.15) is 31.7 Å². The van der Waals surface area contributed by atoms with E-state index in [4.69, 9.17) is 0 Å². The summed E-state index contributed by atoms with van der Waals surface area (Å²) in [5.41, 5.74) is 1.33. The fourth-order valence-electron chi connectivity index (χ4n) is 3.33. The van der Waals surface area contributed by atoms with Crippen LogP contribution in [0.3, 0.4) is 0 Å². The number of hydrogen-bond donors (Lipinski definition) is 1. The summed E-state index contributed by atoms with van der Waals surface area (Å²) >= 11 is 0. The Morgan fingerprint density at radius 3 is 3.05 bits per heavy atom. The molecule has 2 fully saturated rings. The Kier molecular flexibility index (Phi) is 4.53. The Bertz CT molecular complexity index is 417. The number of fused-ring (bicyclic) bond motifs is 1. The van der Waals surface area contributed by atoms with Crippen molar-refractivity contribution in [3.8, 4) is 0 Å². The normalized spacial score (nSPS) is 23.8. The fourth-order valence-corrected chi connectivity index (χ4v) is 3.33. The summed E-state index contributed by atoms with van der Waals surface area (Å²) in [6.07, 6.45) is 5.93. The van der Waals surface area contributed by atoms with Crippen LogP contribution < -0.4 is 5.32 Å². The van der Waals surface area contributed by atoms with E-state index in [-0.39, 0.29) is 0 Å². The third kappa shape index (κ3) is 3.30. The second-order valence-electron chi connectivity index (χ2n) is 6.05. The highest BCUT2D eigenvalue weighted by molar-refractivity contribution is 5.35. The van der Waals surface area contributed by atoms with Gasteiger partial charge in [-0.25, -0.2) is 4.98 Å². The molecule has 110 valence electrons. The summed E-state index contributed by atoms with van der Waals surface area (Å²) in [6, 6.07) is 5.13. The summed E-state index contributed by atoms with van der Waals surface area (Å²) < 4.78 is 0. The predicted octanol–water partition coefficient (Wildman–Crippen LogP) is 2.18. The molecule has 2 saturated heterocycles. The molecular formula is C16H26N4. The lowest BCUT2D eigenvalue weighted by atomic mass is 10.1. The van der Waals surface area contributed by atoms with E-state index >= 15 is 0 Å². The van der Waals surface area contributed by atoms with Crippen molar-refractivity contribution in [1.82, 2.24) is 14.8 Å². The molecule has 4 nitrogen and oxygen atoms in total. The zero-order valence-electron chi connectivity index (χ0n) is 12.5. The molecule has 0 spiro atoms. The zero-order valence-corrected chi connectivity index (χ0v) is 12.5. The zero-order chi connectivity index (χ0) is 13.8. The number of nitrogens with zero attached hydrogens (tertiary/aromatic N) is 3. The van der Waals surface area contributed by atoms with E-state index in [1.165, 1.54) is 44.6 Å². The van der Waals surface area contributed by atoms with Gasteiger partial charge in [-0.2, -0.15) is 0 Å². The third-order valence-corrected chi connectivity index (χ3v) is 4.46. The van der Waals surface area contributed by atoms with Gasteiger partial charge in [-0.15, -0.1) is 0 Å². The van der Waals surface area contributed by atoms with Crippen molar-refractivity contribution in [1.29, 1.82) is 0 Å². The second kappa shape index (κ2) is 6.55. The topological polar surface area (TPSA) is 31.4 Å². The van der Waals surface area contributed by atoms with Crippen molar-refractivity contribution < 1.29 is 0 Å². The van der Waals surface area contributed by atoms with Gasteiger partial charge < -0.3 is 5.32 Å². The Balaban J connectivity index is 1.52. The average Bonchev–Trinajstić information content (AvgIpc) is 2.94. The van der Waals surface area contributed by atoms with Gasteiger partial charge >= 0.3 is 0 Å². The van der Waals surface area contributed by atoms with Gasteiger partial charge in [0.1, 0.15) is 5.82 Å². The molecule has 0 amide bonds. The van der Waals surface area contributed by atoms with Gasteiger partial charge in [0, 0.05) is 45.0 Å². The lowest BCUT2D eigenvalue weighted by Gasteiger charge is -2.37. The highest BCUT2D eigenvalue weighted by atomic mass is 15.3. The Morgan fingerprint density at radius 2 is 2.25 bits per heavy atom. The van der Waals surface area contributed by atoms with Crippen LogP contribution >= 0.6 is 0 Å². The first-order valence-electron chi connectivity index (χ1n) is 8.00. The number of rotatable bonds is 5. The minimum atomic E-state index is 0.808. The molecule has 1 atom stereocenters. The van der Waals surface area contributed by atoms with Gasteiger partial charge in [-0.1, -0.05) is 13.0 Å². The largest absolute Gasteiger partial charge is 0.370 e. The molecule has 0 aromatic carbocycles. The molecule has 0 aliphatic carbocycles. The van der Waals surface area contributed by atoms with Crippen molar-refractivity contribution in [3.63, 3.8) is 0 Å². The number of aromatic nitrogens is 1. The van der Waals surface area contributed by atoms with E-state index in [9.17, 15) is 0 Å². The molecule has 4 heteroatoms. The maximum atomic E-state index is 4.50. The molecule has 2 aliphatic heterocycles. The maximum absolute atomic E-state index is 4.50. The lowest BCUT2D eigenvalue weighted by molar-refractivity contribution is 0.0993. The monoisotopic (exact) mass is 274 g/mol. The second-order valence-corrected chi connectivity index (χ2v) is 6.05. The van der Waals surface area contributed by atoms with Crippen LogP contribution in [0.5, 0.6) is 0 Å². The fraction of sp³-hybridized carbons (Fsp3) is 0.688. The molecular weight excluding hydrogens is 248 g/mol. The minimum Gasteiger partial charge on any atom is -0.370 e. The predicted molar refractivity (Wildman–Crippen MR) is 82.9 cm³/mol. The van der Waals surface area contributed by atoms with Crippen LogP contribution in [0.15, 0.2) is 18.3 Å². The molecule has 1 aromatic heterocycles. The maximum Gasteiger partial charge on any atom is 0.125 e. The quantitative estimate of drug-likeness (QED) is 0.892. The third-order valence-electron chi connectivity index (χ3n) is 4.46. The average molecular weight is 274 g/mol. The van der Waals surface area contributed by atoms with E-state index in [0.717, 1.165) is 31.4 Å². The highest BCUT2D eigenvalue weighted by Gasteiger charge is 2.30. The molecule has 2 aliphatic rings. The van der Waals surface area contributed by atoms with Gasteiger partial charge in [0.15, 0.2) is 0 Å². The van der Waals surface area contributed by atoms with Crippen LogP contribution in [0.4, 0.5) is 5.82 Å². The first-order valence-corrected chi connectivity index (χ1v) is 8.00. The van der Waals surface area contributed by atoms with Gasteiger partial charge in [0.25, 0.3) is 0 Å². The molecule has 1 unspecified atom stereocenters. The Hall–Kier alpha value is -1.13. The van der Waals surface area contributed by atoms with Crippen LogP contribution in [0.2, 0.25) is 0 Å². The highest BCUT2D eigenvalue weighted by Crippen LogP contribution is 2.22. The number of anilines is 1. The van der Waals surface area contributed by atoms with Gasteiger partial charge in [-0.05, 0) is 37.4 Å². The van der Waals surface area contributed by atoms with Crippen molar-refractivity contribution in [3.05, 3.63) is 23.9 Å². The Labute approximate surface area is 122 Å². The molecule has 0 saturated carbocycles. The lowest BCUT2D eigenvalue weighted by Crippen LogP contribution is -2.49. The van der Waals surface area contributed by atoms with Crippen molar-refractivity contribution in [2.45, 2.75) is 38.8 Å². The van der Waals surface area contributed by atoms with Gasteiger partial charge in [-0.3, -0.25) is 9.80 Å². The molecule has 1 N–H and O–H groups in total. The standard InChI is InChI=1S/C16H26N4/c1-2-7-17-16-6-5-14(11-18-16)12-19-9-10-20-8-3-4-15(20)13-19/h5-6,11,15H,2-4,7-10,12-13H2,1H3,(H,17,18). The molecule has 3 heterocycles. The first kappa shape index (κ1) is 13.8. The van der Waals surface area contributed by atoms with E-state index in [2.05, 4.69) is 39.2 Å². The molecule has 0 radical (unpaired) electrons. The summed E-state index contributed by atoms with van der Waals surface area (Å²) in [5, 5.41) is 3.32. The number of pyridine rings is 1. The molecule has 1 aromatic rings. The Morgan fingerprint density at radius 1 is 1.30 bits per heavy atom. The number of hydrogen-bond acceptors (Lipinski definition) is 4. The van der Waals surface area contributed by atoms with E-state index in [0.29, 0.717) is 0 Å². The SMILES string of the molecule is CCCNc1ccc(CN2CCN3CCCC3C2)cn1. The summed E-state index contributed by atoms with van der Waals surface area (Å²) in [5.74, 6) is 0.996. The van der Waals surface area contributed by atoms with E-state index in [1.54, 1.807) is 0 Å². The van der Waals surface area contributed by atoms with E-state index < -0.39 is 0 Å². The van der Waals surface area contributed by atoms with Crippen LogP contribution in [-0.2, 0) is 6.54 Å². The van der Waals surface area contributed by atoms with Crippen LogP contribution in [-0.4, -0.2) is 53.5 Å². The molecule has 0 bridgehead atoms. The van der Waals surface area contributed by atoms with Crippen molar-refractivity contribution in [2.75, 3.05) is 38.0 Å². The van der Waals surface area contributed by atoms with Gasteiger partial charge in [0.2, 0.25) is 0 Å². The number of nitrogens with one attached hydrogen (secondary N) is 1. The summed E-state index contributed by atoms with van der Waals surface area (Å²) in [7, 11) is 0. The minimum absolute atomic E-state index is 0.808. The number of piperazine rings is 1. The smallest absolute Gasteiger partial charge is 0.125 e. The van der Waals surface area contributed by atoms with Crippen molar-refractivity contribution >= 4 is 5.82 Å². The van der Waals surface area contributed by atoms with Crippen LogP contribution in [0, 0.1) is 0 Å². The molecule has 20 heavy (non-hydrogen) atoms. The van der Waals surface area contributed by atoms with Crippen molar-refractivity contribution in [2.24, 2.45) is 0 Å². The first-order chi connectivity index (χ1) is 9.85. The van der Waals surface area contributed by atoms with E-state index in [1.807, 2.05) is 6.20 Å². The molecule has 3 rings (SSSR count).